The molecule has 0 aliphatic carbocycles. The number of nitrogens with one attached hydrogen (secondary N) is 1. The Kier molecular flexibility index (Phi) is 6.17. The molecule has 19 heavy (non-hydrogen) atoms. The predicted octanol–water partition coefficient (Wildman–Crippen LogP) is 2.36. The summed E-state index contributed by atoms with van der Waals surface area (Å²) >= 11 is 0. The molecule has 0 atom stereocenters. The SMILES string of the molecule is CCCNCc1cc(C)nc(COCC(F)(F)F)n1. The lowest BCUT2D eigenvalue weighted by molar-refractivity contribution is -0.177. The third kappa shape index (κ3) is 7.07. The molecule has 0 bridgehead atoms. The van der Waals surface area contributed by atoms with Gasteiger partial charge in [0, 0.05) is 12.2 Å². The average molecular weight is 277 g/mol. The van der Waals surface area contributed by atoms with Gasteiger partial charge in [0.15, 0.2) is 5.82 Å². The molecule has 0 fully saturated rings. The number of hydrogen-bond acceptors (Lipinski definition) is 4. The van der Waals surface area contributed by atoms with Gasteiger partial charge in [-0.05, 0) is 26.0 Å². The van der Waals surface area contributed by atoms with E-state index >= 15 is 0 Å². The molecule has 0 aliphatic rings. The van der Waals surface area contributed by atoms with Gasteiger partial charge >= 0.3 is 6.18 Å². The zero-order chi connectivity index (χ0) is 14.3. The Morgan fingerprint density at radius 2 is 2.05 bits per heavy atom. The predicted molar refractivity (Wildman–Crippen MR) is 64.5 cm³/mol. The van der Waals surface area contributed by atoms with Crippen LogP contribution in [0.25, 0.3) is 0 Å². The maximum absolute atomic E-state index is 11.9. The van der Waals surface area contributed by atoms with Crippen LogP contribution in [0.15, 0.2) is 6.07 Å². The van der Waals surface area contributed by atoms with Gasteiger partial charge in [-0.25, -0.2) is 9.97 Å². The van der Waals surface area contributed by atoms with E-state index in [1.165, 1.54) is 0 Å². The standard InChI is InChI=1S/C12H18F3N3O/c1-3-4-16-6-10-5-9(2)17-11(18-10)7-19-8-12(13,14)15/h5,16H,3-4,6-8H2,1-2H3. The van der Waals surface area contributed by atoms with Crippen LogP contribution in [0.1, 0.15) is 30.6 Å². The lowest BCUT2D eigenvalue weighted by Gasteiger charge is -2.09. The summed E-state index contributed by atoms with van der Waals surface area (Å²) in [6, 6.07) is 1.80. The van der Waals surface area contributed by atoms with Crippen molar-refractivity contribution in [3.63, 3.8) is 0 Å². The minimum Gasteiger partial charge on any atom is -0.364 e. The Labute approximate surface area is 110 Å². The van der Waals surface area contributed by atoms with E-state index in [0.29, 0.717) is 12.2 Å². The number of aromatic nitrogens is 2. The molecule has 0 amide bonds. The Morgan fingerprint density at radius 1 is 1.32 bits per heavy atom. The van der Waals surface area contributed by atoms with Crippen molar-refractivity contribution in [3.8, 4) is 0 Å². The summed E-state index contributed by atoms with van der Waals surface area (Å²) in [6.45, 7) is 3.75. The zero-order valence-corrected chi connectivity index (χ0v) is 11.0. The molecular formula is C12H18F3N3O. The van der Waals surface area contributed by atoms with Crippen molar-refractivity contribution in [1.82, 2.24) is 15.3 Å². The van der Waals surface area contributed by atoms with Gasteiger partial charge in [-0.3, -0.25) is 0 Å². The molecule has 0 spiro atoms. The summed E-state index contributed by atoms with van der Waals surface area (Å²) < 4.78 is 40.4. The first-order valence-electron chi connectivity index (χ1n) is 6.09. The van der Waals surface area contributed by atoms with Gasteiger partial charge in [0.1, 0.15) is 13.2 Å². The molecular weight excluding hydrogens is 259 g/mol. The molecule has 0 saturated heterocycles. The van der Waals surface area contributed by atoms with Crippen LogP contribution < -0.4 is 5.32 Å². The summed E-state index contributed by atoms with van der Waals surface area (Å²) in [5.74, 6) is 0.276. The van der Waals surface area contributed by atoms with Crippen molar-refractivity contribution in [3.05, 3.63) is 23.3 Å². The van der Waals surface area contributed by atoms with Crippen molar-refractivity contribution >= 4 is 0 Å². The molecule has 4 nitrogen and oxygen atoms in total. The van der Waals surface area contributed by atoms with Crippen molar-refractivity contribution < 1.29 is 17.9 Å². The van der Waals surface area contributed by atoms with Crippen molar-refractivity contribution in [1.29, 1.82) is 0 Å². The molecule has 1 heterocycles. The fourth-order valence-electron chi connectivity index (χ4n) is 1.51. The first-order chi connectivity index (χ1) is 8.90. The van der Waals surface area contributed by atoms with Gasteiger partial charge < -0.3 is 10.1 Å². The van der Waals surface area contributed by atoms with Gasteiger partial charge in [-0.2, -0.15) is 13.2 Å². The number of rotatable bonds is 7. The summed E-state index contributed by atoms with van der Waals surface area (Å²) in [5, 5.41) is 3.18. The highest BCUT2D eigenvalue weighted by atomic mass is 19.4. The molecule has 108 valence electrons. The van der Waals surface area contributed by atoms with Gasteiger partial charge in [0.25, 0.3) is 0 Å². The topological polar surface area (TPSA) is 47.0 Å². The maximum Gasteiger partial charge on any atom is 0.411 e. The van der Waals surface area contributed by atoms with Crippen LogP contribution in [0.5, 0.6) is 0 Å². The van der Waals surface area contributed by atoms with Crippen LogP contribution in [-0.2, 0) is 17.9 Å². The Hall–Kier alpha value is -1.21. The number of nitrogens with zero attached hydrogens (tertiary/aromatic N) is 2. The minimum atomic E-state index is -4.32. The second kappa shape index (κ2) is 7.40. The largest absolute Gasteiger partial charge is 0.411 e. The third-order valence-electron chi connectivity index (χ3n) is 2.18. The molecule has 1 aromatic rings. The summed E-state index contributed by atoms with van der Waals surface area (Å²) in [5.41, 5.74) is 1.47. The maximum atomic E-state index is 11.9. The molecule has 0 unspecified atom stereocenters. The molecule has 7 heteroatoms. The fourth-order valence-corrected chi connectivity index (χ4v) is 1.51. The molecule has 0 aliphatic heterocycles. The highest BCUT2D eigenvalue weighted by Gasteiger charge is 2.27. The smallest absolute Gasteiger partial charge is 0.364 e. The van der Waals surface area contributed by atoms with Crippen LogP contribution in [-0.4, -0.2) is 29.3 Å². The van der Waals surface area contributed by atoms with Gasteiger partial charge in [-0.15, -0.1) is 0 Å². The second-order valence-corrected chi connectivity index (χ2v) is 4.20. The van der Waals surface area contributed by atoms with Crippen LogP contribution in [0.4, 0.5) is 13.2 Å². The Bertz CT molecular complexity index is 396. The van der Waals surface area contributed by atoms with Gasteiger partial charge in [0.05, 0.1) is 5.69 Å². The third-order valence-corrected chi connectivity index (χ3v) is 2.18. The molecule has 1 rings (SSSR count). The van der Waals surface area contributed by atoms with Gasteiger partial charge in [-0.1, -0.05) is 6.92 Å². The summed E-state index contributed by atoms with van der Waals surface area (Å²) in [6.07, 6.45) is -3.32. The Morgan fingerprint density at radius 3 is 2.68 bits per heavy atom. The van der Waals surface area contributed by atoms with E-state index in [1.807, 2.05) is 0 Å². The van der Waals surface area contributed by atoms with Crippen LogP contribution >= 0.6 is 0 Å². The number of alkyl halides is 3. The van der Waals surface area contributed by atoms with Crippen LogP contribution in [0.3, 0.4) is 0 Å². The zero-order valence-electron chi connectivity index (χ0n) is 11.0. The quantitative estimate of drug-likeness (QED) is 0.777. The number of halogens is 3. The Balaban J connectivity index is 2.53. The lowest BCUT2D eigenvalue weighted by Crippen LogP contribution is -2.18. The number of ether oxygens (including phenoxy) is 1. The summed E-state index contributed by atoms with van der Waals surface area (Å²) in [4.78, 5) is 8.21. The molecule has 0 saturated carbocycles. The number of hydrogen-bond donors (Lipinski definition) is 1. The van der Waals surface area contributed by atoms with E-state index in [9.17, 15) is 13.2 Å². The highest BCUT2D eigenvalue weighted by Crippen LogP contribution is 2.15. The average Bonchev–Trinajstić information content (AvgIpc) is 2.27. The van der Waals surface area contributed by atoms with Crippen LogP contribution in [0.2, 0.25) is 0 Å². The van der Waals surface area contributed by atoms with Crippen molar-refractivity contribution in [2.24, 2.45) is 0 Å². The summed E-state index contributed by atoms with van der Waals surface area (Å²) in [7, 11) is 0. The first-order valence-corrected chi connectivity index (χ1v) is 6.09. The van der Waals surface area contributed by atoms with E-state index in [4.69, 9.17) is 0 Å². The van der Waals surface area contributed by atoms with E-state index in [-0.39, 0.29) is 12.4 Å². The molecule has 1 aromatic heterocycles. The minimum absolute atomic E-state index is 0.234. The normalized spacial score (nSPS) is 11.8. The van der Waals surface area contributed by atoms with Crippen molar-refractivity contribution in [2.45, 2.75) is 39.6 Å². The first kappa shape index (κ1) is 15.8. The monoisotopic (exact) mass is 277 g/mol. The fraction of sp³-hybridized carbons (Fsp3) is 0.667. The highest BCUT2D eigenvalue weighted by molar-refractivity contribution is 5.09. The molecule has 0 radical (unpaired) electrons. The van der Waals surface area contributed by atoms with E-state index < -0.39 is 12.8 Å². The van der Waals surface area contributed by atoms with Crippen LogP contribution in [0, 0.1) is 6.92 Å². The number of aryl methyl sites for hydroxylation is 1. The van der Waals surface area contributed by atoms with Gasteiger partial charge in [0.2, 0.25) is 0 Å². The van der Waals surface area contributed by atoms with E-state index in [2.05, 4.69) is 26.9 Å². The second-order valence-electron chi connectivity index (χ2n) is 4.20. The van der Waals surface area contributed by atoms with E-state index in [0.717, 1.165) is 18.7 Å². The molecule has 0 aromatic carbocycles. The molecule has 1 N–H and O–H groups in total. The van der Waals surface area contributed by atoms with Crippen molar-refractivity contribution in [2.75, 3.05) is 13.2 Å². The lowest BCUT2D eigenvalue weighted by atomic mass is 10.3. The van der Waals surface area contributed by atoms with E-state index in [1.54, 1.807) is 13.0 Å².